The van der Waals surface area contributed by atoms with Crippen LogP contribution in [-0.4, -0.2) is 26.1 Å². The highest BCUT2D eigenvalue weighted by Crippen LogP contribution is 2.18. The maximum atomic E-state index is 13.3. The Morgan fingerprint density at radius 1 is 1.24 bits per heavy atom. The molecule has 8 heteroatoms. The molecule has 2 aromatic rings. The van der Waals surface area contributed by atoms with Crippen LogP contribution in [0.1, 0.15) is 10.5 Å². The quantitative estimate of drug-likeness (QED) is 0.865. The highest BCUT2D eigenvalue weighted by Gasteiger charge is 2.17. The summed E-state index contributed by atoms with van der Waals surface area (Å²) in [4.78, 5) is 10.5. The van der Waals surface area contributed by atoms with Crippen LogP contribution in [0.15, 0.2) is 18.3 Å². The molecule has 0 radical (unpaired) electrons. The lowest BCUT2D eigenvalue weighted by Crippen LogP contribution is -2.03. The molecule has 0 atom stereocenters. The average Bonchev–Trinajstić information content (AvgIpc) is 2.65. The van der Waals surface area contributed by atoms with Crippen molar-refractivity contribution in [3.05, 3.63) is 41.5 Å². The van der Waals surface area contributed by atoms with Crippen molar-refractivity contribution in [1.82, 2.24) is 15.0 Å². The van der Waals surface area contributed by atoms with E-state index in [0.29, 0.717) is 16.8 Å². The topological polar surface area (TPSA) is 68.0 Å². The molecule has 0 aliphatic rings. The summed E-state index contributed by atoms with van der Waals surface area (Å²) in [5, 5.41) is 15.0. The van der Waals surface area contributed by atoms with Crippen LogP contribution in [0.25, 0.3) is 5.69 Å². The van der Waals surface area contributed by atoms with E-state index in [1.54, 1.807) is 0 Å². The summed E-state index contributed by atoms with van der Waals surface area (Å²) in [7, 11) is 0. The number of aromatic nitrogens is 3. The SMILES string of the molecule is O=C(O)c1cn(-c2c(F)cc(F)cc2F)nn1. The van der Waals surface area contributed by atoms with Crippen LogP contribution in [-0.2, 0) is 0 Å². The number of halogens is 3. The van der Waals surface area contributed by atoms with Crippen LogP contribution in [0.3, 0.4) is 0 Å². The number of rotatable bonds is 2. The second kappa shape index (κ2) is 3.89. The van der Waals surface area contributed by atoms with Gasteiger partial charge in [-0.15, -0.1) is 5.10 Å². The Morgan fingerprint density at radius 2 is 1.82 bits per heavy atom. The predicted molar refractivity (Wildman–Crippen MR) is 48.2 cm³/mol. The molecule has 2 rings (SSSR count). The molecule has 0 amide bonds. The van der Waals surface area contributed by atoms with Crippen LogP contribution >= 0.6 is 0 Å². The number of carbonyl (C=O) groups is 1. The van der Waals surface area contributed by atoms with Crippen molar-refractivity contribution < 1.29 is 23.1 Å². The molecule has 0 bridgehead atoms. The van der Waals surface area contributed by atoms with Crippen LogP contribution < -0.4 is 0 Å². The van der Waals surface area contributed by atoms with E-state index >= 15 is 0 Å². The van der Waals surface area contributed by atoms with E-state index in [-0.39, 0.29) is 0 Å². The van der Waals surface area contributed by atoms with Crippen molar-refractivity contribution in [2.24, 2.45) is 0 Å². The minimum Gasteiger partial charge on any atom is -0.476 e. The van der Waals surface area contributed by atoms with Gasteiger partial charge in [0.15, 0.2) is 17.3 Å². The molecule has 0 saturated carbocycles. The summed E-state index contributed by atoms with van der Waals surface area (Å²) >= 11 is 0. The Kier molecular flexibility index (Phi) is 2.54. The lowest BCUT2D eigenvalue weighted by molar-refractivity contribution is 0.0690. The Balaban J connectivity index is 2.56. The van der Waals surface area contributed by atoms with Crippen molar-refractivity contribution >= 4 is 5.97 Å². The summed E-state index contributed by atoms with van der Waals surface area (Å²) in [6, 6.07) is 0.918. The lowest BCUT2D eigenvalue weighted by Gasteiger charge is -2.03. The number of nitrogens with zero attached hydrogens (tertiary/aromatic N) is 3. The van der Waals surface area contributed by atoms with Gasteiger partial charge in [-0.05, 0) is 0 Å². The van der Waals surface area contributed by atoms with E-state index in [1.807, 2.05) is 0 Å². The smallest absolute Gasteiger partial charge is 0.358 e. The maximum Gasteiger partial charge on any atom is 0.358 e. The van der Waals surface area contributed by atoms with Gasteiger partial charge in [-0.2, -0.15) is 0 Å². The number of carboxylic acid groups (broad SMARTS) is 1. The van der Waals surface area contributed by atoms with Crippen molar-refractivity contribution in [3.8, 4) is 5.69 Å². The van der Waals surface area contributed by atoms with Crippen LogP contribution in [0, 0.1) is 17.5 Å². The second-order valence-corrected chi connectivity index (χ2v) is 3.07. The van der Waals surface area contributed by atoms with E-state index in [2.05, 4.69) is 10.3 Å². The van der Waals surface area contributed by atoms with E-state index in [1.165, 1.54) is 0 Å². The number of hydrogen-bond donors (Lipinski definition) is 1. The summed E-state index contributed by atoms with van der Waals surface area (Å²) in [5.41, 5.74) is -1.17. The number of hydrogen-bond acceptors (Lipinski definition) is 3. The number of carboxylic acids is 1. The molecule has 5 nitrogen and oxygen atoms in total. The average molecular weight is 243 g/mol. The lowest BCUT2D eigenvalue weighted by atomic mass is 10.3. The summed E-state index contributed by atoms with van der Waals surface area (Å²) in [6.45, 7) is 0. The molecule has 1 N–H and O–H groups in total. The van der Waals surface area contributed by atoms with Gasteiger partial charge in [0, 0.05) is 12.1 Å². The summed E-state index contributed by atoms with van der Waals surface area (Å²) < 4.78 is 39.8. The monoisotopic (exact) mass is 243 g/mol. The molecule has 1 heterocycles. The molecular formula is C9H4F3N3O2. The fourth-order valence-electron chi connectivity index (χ4n) is 1.22. The van der Waals surface area contributed by atoms with Crippen LogP contribution in [0.4, 0.5) is 13.2 Å². The Labute approximate surface area is 92.1 Å². The molecule has 1 aromatic carbocycles. The van der Waals surface area contributed by atoms with Gasteiger partial charge < -0.3 is 5.11 Å². The normalized spacial score (nSPS) is 10.5. The Bertz CT molecular complexity index is 574. The Morgan fingerprint density at radius 3 is 2.29 bits per heavy atom. The number of benzene rings is 1. The maximum absolute atomic E-state index is 13.3. The third kappa shape index (κ3) is 1.96. The zero-order chi connectivity index (χ0) is 12.6. The standard InChI is InChI=1S/C9H4F3N3O2/c10-4-1-5(11)8(6(12)2-4)15-3-7(9(16)17)13-14-15/h1-3H,(H,16,17). The van der Waals surface area contributed by atoms with Crippen LogP contribution in [0.2, 0.25) is 0 Å². The third-order valence-corrected chi connectivity index (χ3v) is 1.92. The van der Waals surface area contributed by atoms with Crippen molar-refractivity contribution in [2.45, 2.75) is 0 Å². The largest absolute Gasteiger partial charge is 0.476 e. The van der Waals surface area contributed by atoms with E-state index in [9.17, 15) is 18.0 Å². The molecule has 1 aromatic heterocycles. The van der Waals surface area contributed by atoms with Gasteiger partial charge >= 0.3 is 5.97 Å². The first-order chi connectivity index (χ1) is 7.99. The van der Waals surface area contributed by atoms with Gasteiger partial charge in [0.1, 0.15) is 11.5 Å². The zero-order valence-corrected chi connectivity index (χ0v) is 8.06. The molecule has 88 valence electrons. The molecular weight excluding hydrogens is 239 g/mol. The van der Waals surface area contributed by atoms with Gasteiger partial charge in [0.05, 0.1) is 6.20 Å². The molecule has 0 saturated heterocycles. The van der Waals surface area contributed by atoms with Gasteiger partial charge in [-0.25, -0.2) is 22.6 Å². The van der Waals surface area contributed by atoms with Crippen LogP contribution in [0.5, 0.6) is 0 Å². The summed E-state index contributed by atoms with van der Waals surface area (Å²) in [5.74, 6) is -4.88. The van der Waals surface area contributed by atoms with Crippen molar-refractivity contribution in [3.63, 3.8) is 0 Å². The predicted octanol–water partition coefficient (Wildman–Crippen LogP) is 1.38. The first-order valence-corrected chi connectivity index (χ1v) is 4.29. The van der Waals surface area contributed by atoms with Crippen molar-refractivity contribution in [1.29, 1.82) is 0 Å². The van der Waals surface area contributed by atoms with E-state index in [4.69, 9.17) is 5.11 Å². The Hall–Kier alpha value is -2.38. The molecule has 0 unspecified atom stereocenters. The van der Waals surface area contributed by atoms with Gasteiger partial charge in [-0.3, -0.25) is 0 Å². The second-order valence-electron chi connectivity index (χ2n) is 3.07. The first kappa shape index (κ1) is 11.1. The zero-order valence-electron chi connectivity index (χ0n) is 8.06. The number of aromatic carboxylic acids is 1. The highest BCUT2D eigenvalue weighted by molar-refractivity contribution is 5.84. The van der Waals surface area contributed by atoms with E-state index in [0.717, 1.165) is 6.20 Å². The van der Waals surface area contributed by atoms with E-state index < -0.39 is 34.8 Å². The van der Waals surface area contributed by atoms with Gasteiger partial charge in [0.25, 0.3) is 0 Å². The fraction of sp³-hybridized carbons (Fsp3) is 0. The molecule has 17 heavy (non-hydrogen) atoms. The molecule has 0 fully saturated rings. The third-order valence-electron chi connectivity index (χ3n) is 1.92. The highest BCUT2D eigenvalue weighted by atomic mass is 19.1. The first-order valence-electron chi connectivity index (χ1n) is 4.29. The van der Waals surface area contributed by atoms with Gasteiger partial charge in [-0.1, -0.05) is 5.21 Å². The minimum atomic E-state index is -1.39. The van der Waals surface area contributed by atoms with Gasteiger partial charge in [0.2, 0.25) is 0 Å². The summed E-state index contributed by atoms with van der Waals surface area (Å²) in [6.07, 6.45) is 0.821. The van der Waals surface area contributed by atoms with Crippen molar-refractivity contribution in [2.75, 3.05) is 0 Å². The molecule has 0 aliphatic heterocycles. The minimum absolute atomic E-state index is 0.459. The molecule has 0 aliphatic carbocycles. The molecule has 0 spiro atoms. The fourth-order valence-corrected chi connectivity index (χ4v) is 1.22.